The Hall–Kier alpha value is -1.78. The summed E-state index contributed by atoms with van der Waals surface area (Å²) in [6.07, 6.45) is 12.1. The zero-order chi connectivity index (χ0) is 19.0. The summed E-state index contributed by atoms with van der Waals surface area (Å²) in [6, 6.07) is 0.816. The van der Waals surface area contributed by atoms with E-state index >= 15 is 0 Å². The lowest BCUT2D eigenvalue weighted by Gasteiger charge is -2.37. The van der Waals surface area contributed by atoms with E-state index in [1.165, 1.54) is 24.1 Å². The Kier molecular flexibility index (Phi) is 5.04. The molecule has 1 heterocycles. The number of rotatable bonds is 5. The summed E-state index contributed by atoms with van der Waals surface area (Å²) >= 11 is 0. The predicted octanol–water partition coefficient (Wildman–Crippen LogP) is 4.00. The van der Waals surface area contributed by atoms with Crippen molar-refractivity contribution in [1.29, 1.82) is 0 Å². The van der Waals surface area contributed by atoms with E-state index in [2.05, 4.69) is 41.9 Å². The lowest BCUT2D eigenvalue weighted by atomic mass is 9.88. The van der Waals surface area contributed by atoms with E-state index in [1.807, 2.05) is 6.20 Å². The highest BCUT2D eigenvalue weighted by Gasteiger charge is 2.41. The van der Waals surface area contributed by atoms with Gasteiger partial charge in [-0.15, -0.1) is 0 Å². The molecule has 2 atom stereocenters. The monoisotopic (exact) mass is 371 g/mol. The van der Waals surface area contributed by atoms with Crippen molar-refractivity contribution in [2.45, 2.75) is 84.2 Å². The first-order valence-electron chi connectivity index (χ1n) is 10.6. The molecule has 2 unspecified atom stereocenters. The largest absolute Gasteiger partial charge is 0.498 e. The van der Waals surface area contributed by atoms with E-state index in [1.54, 1.807) is 0 Å². The summed E-state index contributed by atoms with van der Waals surface area (Å²) in [6.45, 7) is 7.30. The average molecular weight is 372 g/mol. The van der Waals surface area contributed by atoms with Crippen LogP contribution in [0.3, 0.4) is 0 Å². The predicted molar refractivity (Wildman–Crippen MR) is 105 cm³/mol. The second kappa shape index (κ2) is 7.33. The van der Waals surface area contributed by atoms with Crippen molar-refractivity contribution in [3.05, 3.63) is 29.3 Å². The minimum Gasteiger partial charge on any atom is -0.498 e. The fraction of sp³-hybridized carbons (Fsp3) is 0.727. The van der Waals surface area contributed by atoms with Crippen LogP contribution in [0.25, 0.3) is 0 Å². The topological polar surface area (TPSA) is 58.2 Å². The zero-order valence-electron chi connectivity index (χ0n) is 17.0. The molecule has 27 heavy (non-hydrogen) atoms. The molecular formula is C22H33N3O2. The summed E-state index contributed by atoms with van der Waals surface area (Å²) in [5.74, 6) is 1.58. The molecule has 1 fully saturated rings. The third-order valence-corrected chi connectivity index (χ3v) is 5.99. The van der Waals surface area contributed by atoms with Gasteiger partial charge in [0.15, 0.2) is 0 Å². The van der Waals surface area contributed by atoms with Crippen LogP contribution in [0, 0.1) is 11.3 Å². The molecule has 1 amide bonds. The molecule has 0 spiro atoms. The molecule has 1 saturated carbocycles. The molecule has 5 nitrogen and oxygen atoms in total. The van der Waals surface area contributed by atoms with Crippen molar-refractivity contribution in [2.24, 2.45) is 11.3 Å². The Morgan fingerprint density at radius 1 is 1.22 bits per heavy atom. The number of amides is 1. The molecule has 3 aliphatic carbocycles. The van der Waals surface area contributed by atoms with Crippen molar-refractivity contribution in [3.63, 3.8) is 0 Å². The number of carbonyl (C=O) groups excluding carboxylic acids is 1. The molecule has 1 aromatic heterocycles. The Morgan fingerprint density at radius 3 is 2.70 bits per heavy atom. The fourth-order valence-corrected chi connectivity index (χ4v) is 4.33. The number of nitrogens with one attached hydrogen (secondary N) is 1. The van der Waals surface area contributed by atoms with E-state index in [4.69, 9.17) is 4.74 Å². The molecule has 1 aromatic rings. The van der Waals surface area contributed by atoms with Gasteiger partial charge < -0.3 is 9.64 Å². The van der Waals surface area contributed by atoms with Crippen LogP contribution in [-0.2, 0) is 22.4 Å². The Bertz CT molecular complexity index is 711. The minimum absolute atomic E-state index is 0.123. The summed E-state index contributed by atoms with van der Waals surface area (Å²) in [5, 5.41) is 7.29. The SMILES string of the molecule is CC(C)(C)COC1=CCC(C(=O)N(C2CC2)C2CCc3[nH]ncc3C2)CC1. The van der Waals surface area contributed by atoms with Crippen LogP contribution in [0.15, 0.2) is 18.0 Å². The maximum Gasteiger partial charge on any atom is 0.226 e. The zero-order valence-corrected chi connectivity index (χ0v) is 17.0. The summed E-state index contributed by atoms with van der Waals surface area (Å²) in [4.78, 5) is 15.6. The number of fused-ring (bicyclic) bond motifs is 1. The Balaban J connectivity index is 1.38. The number of allylic oxidation sites excluding steroid dienone is 2. The van der Waals surface area contributed by atoms with Gasteiger partial charge in [-0.25, -0.2) is 0 Å². The van der Waals surface area contributed by atoms with Crippen LogP contribution in [0.4, 0.5) is 0 Å². The van der Waals surface area contributed by atoms with Gasteiger partial charge in [0.05, 0.1) is 18.6 Å². The third-order valence-electron chi connectivity index (χ3n) is 5.99. The summed E-state index contributed by atoms with van der Waals surface area (Å²) in [7, 11) is 0. The third kappa shape index (κ3) is 4.39. The van der Waals surface area contributed by atoms with Crippen LogP contribution in [0.5, 0.6) is 0 Å². The molecule has 5 heteroatoms. The van der Waals surface area contributed by atoms with Crippen LogP contribution in [-0.4, -0.2) is 39.7 Å². The highest BCUT2D eigenvalue weighted by atomic mass is 16.5. The number of carbonyl (C=O) groups is 1. The first-order chi connectivity index (χ1) is 12.9. The van der Waals surface area contributed by atoms with Gasteiger partial charge in [0.1, 0.15) is 0 Å². The van der Waals surface area contributed by atoms with Crippen molar-refractivity contribution in [2.75, 3.05) is 6.61 Å². The van der Waals surface area contributed by atoms with E-state index in [-0.39, 0.29) is 11.3 Å². The molecule has 4 rings (SSSR count). The molecule has 148 valence electrons. The van der Waals surface area contributed by atoms with Crippen molar-refractivity contribution in [3.8, 4) is 0 Å². The van der Waals surface area contributed by atoms with Crippen molar-refractivity contribution >= 4 is 5.91 Å². The molecule has 0 bridgehead atoms. The maximum absolute atomic E-state index is 13.4. The second-order valence-corrected chi connectivity index (χ2v) is 9.74. The Morgan fingerprint density at radius 2 is 2.04 bits per heavy atom. The lowest BCUT2D eigenvalue weighted by Crippen LogP contribution is -2.47. The van der Waals surface area contributed by atoms with Gasteiger partial charge in [0.2, 0.25) is 5.91 Å². The number of H-pyrrole nitrogens is 1. The van der Waals surface area contributed by atoms with Crippen LogP contribution >= 0.6 is 0 Å². The van der Waals surface area contributed by atoms with Crippen molar-refractivity contribution in [1.82, 2.24) is 15.1 Å². The summed E-state index contributed by atoms with van der Waals surface area (Å²) in [5.41, 5.74) is 2.73. The molecule has 3 aliphatic rings. The van der Waals surface area contributed by atoms with Gasteiger partial charge in [-0.1, -0.05) is 20.8 Å². The van der Waals surface area contributed by atoms with E-state index < -0.39 is 0 Å². The number of aryl methyl sites for hydroxylation is 1. The Labute approximate surface area is 162 Å². The lowest BCUT2D eigenvalue weighted by molar-refractivity contribution is -0.139. The van der Waals surface area contributed by atoms with E-state index in [0.29, 0.717) is 18.0 Å². The van der Waals surface area contributed by atoms with Crippen LogP contribution < -0.4 is 0 Å². The summed E-state index contributed by atoms with van der Waals surface area (Å²) < 4.78 is 5.97. The smallest absolute Gasteiger partial charge is 0.226 e. The average Bonchev–Trinajstić information content (AvgIpc) is 3.35. The maximum atomic E-state index is 13.4. The molecule has 0 saturated heterocycles. The van der Waals surface area contributed by atoms with Gasteiger partial charge in [0, 0.05) is 30.1 Å². The number of aromatic nitrogens is 2. The van der Waals surface area contributed by atoms with Crippen LogP contribution in [0.1, 0.15) is 70.6 Å². The first kappa shape index (κ1) is 18.6. The normalized spacial score (nSPS) is 25.5. The number of hydrogen-bond acceptors (Lipinski definition) is 3. The number of hydrogen-bond donors (Lipinski definition) is 1. The van der Waals surface area contributed by atoms with Gasteiger partial charge in [-0.3, -0.25) is 9.89 Å². The first-order valence-corrected chi connectivity index (χ1v) is 10.6. The molecule has 1 N–H and O–H groups in total. The second-order valence-electron chi connectivity index (χ2n) is 9.74. The number of ether oxygens (including phenoxy) is 1. The number of nitrogens with zero attached hydrogens (tertiary/aromatic N) is 2. The quantitative estimate of drug-likeness (QED) is 0.851. The fourth-order valence-electron chi connectivity index (χ4n) is 4.33. The molecular weight excluding hydrogens is 338 g/mol. The van der Waals surface area contributed by atoms with Gasteiger partial charge in [0.25, 0.3) is 0 Å². The highest BCUT2D eigenvalue weighted by Crippen LogP contribution is 2.37. The van der Waals surface area contributed by atoms with Gasteiger partial charge in [-0.2, -0.15) is 5.10 Å². The number of aromatic amines is 1. The van der Waals surface area contributed by atoms with Crippen molar-refractivity contribution < 1.29 is 9.53 Å². The van der Waals surface area contributed by atoms with Gasteiger partial charge >= 0.3 is 0 Å². The van der Waals surface area contributed by atoms with E-state index in [0.717, 1.165) is 50.9 Å². The van der Waals surface area contributed by atoms with E-state index in [9.17, 15) is 4.79 Å². The molecule has 0 radical (unpaired) electrons. The minimum atomic E-state index is 0.123. The highest BCUT2D eigenvalue weighted by molar-refractivity contribution is 5.80. The van der Waals surface area contributed by atoms with Gasteiger partial charge in [-0.05, 0) is 62.0 Å². The molecule has 0 aromatic carbocycles. The van der Waals surface area contributed by atoms with Crippen LogP contribution in [0.2, 0.25) is 0 Å². The molecule has 0 aliphatic heterocycles. The standard InChI is InChI=1S/C22H33N3O2/c1-22(2,3)14-27-19-9-4-15(5-10-19)21(26)25(17-6-7-17)18-8-11-20-16(12-18)13-23-24-20/h9,13,15,17-18H,4-8,10-12,14H2,1-3H3,(H,23,24).